The summed E-state index contributed by atoms with van der Waals surface area (Å²) < 4.78 is 41.0. The zero-order valence-corrected chi connectivity index (χ0v) is 37.7. The van der Waals surface area contributed by atoms with Crippen molar-refractivity contribution < 1.29 is 57.1 Å². The molecule has 2 aromatic carbocycles. The number of esters is 2. The molecular formula is C44H68N2O12Si. The van der Waals surface area contributed by atoms with E-state index in [0.717, 1.165) is 0 Å². The molecule has 0 unspecified atom stereocenters. The summed E-state index contributed by atoms with van der Waals surface area (Å²) in [5.41, 5.74) is 0. The highest BCUT2D eigenvalue weighted by Gasteiger charge is 2.50. The third-order valence-corrected chi connectivity index (χ3v) is 16.3. The average Bonchev–Trinajstić information content (AvgIpc) is 3.18. The molecule has 2 amide bonds. The van der Waals surface area contributed by atoms with Crippen LogP contribution in [0, 0.1) is 23.7 Å². The maximum absolute atomic E-state index is 12.0. The van der Waals surface area contributed by atoms with Gasteiger partial charge in [-0.3, -0.25) is 19.2 Å². The van der Waals surface area contributed by atoms with Gasteiger partial charge in [-0.25, -0.2) is 0 Å². The highest BCUT2D eigenvalue weighted by molar-refractivity contribution is 6.99. The van der Waals surface area contributed by atoms with Crippen molar-refractivity contribution in [1.82, 2.24) is 10.6 Å². The lowest BCUT2D eigenvalue weighted by molar-refractivity contribution is -0.245. The zero-order valence-electron chi connectivity index (χ0n) is 36.7. The molecule has 2 fully saturated rings. The van der Waals surface area contributed by atoms with Gasteiger partial charge in [0.05, 0.1) is 50.7 Å². The first-order valence-corrected chi connectivity index (χ1v) is 22.5. The number of aliphatic hydroxyl groups is 1. The molecule has 0 radical (unpaired) electrons. The number of carbonyl (C=O) groups excluding carboxylic acids is 4. The van der Waals surface area contributed by atoms with Gasteiger partial charge in [0.25, 0.3) is 8.32 Å². The second-order valence-corrected chi connectivity index (χ2v) is 20.9. The predicted octanol–water partition coefficient (Wildman–Crippen LogP) is 3.70. The molecule has 330 valence electrons. The van der Waals surface area contributed by atoms with E-state index in [1.54, 1.807) is 0 Å². The van der Waals surface area contributed by atoms with Crippen molar-refractivity contribution in [3.8, 4) is 0 Å². The standard InChI is InChI=1S/C30H43NO6Si.C14H25NO6/c1-21-22(2)28(31-23(3)32)29(37-27(21)20-35-24(4)33)34-18-19-36-38(30(5,6)7,25-14-10-8-11-15-25)26-16-12-9-13-17-26;1-8-9(2)13(15-10(3)17)14(19-6-5-16)21-12(8)7-20-11(4)18/h8-17,21-22,27-29H,18-20H2,1-7H3,(H,31,32);8-9,12-14,16H,5-7H2,1-4H3,(H,15,17)/t21-,22+,27-,28-,29-;8-,9+,12-,13-,14-/m11/s1. The van der Waals surface area contributed by atoms with Gasteiger partial charge < -0.3 is 48.6 Å². The summed E-state index contributed by atoms with van der Waals surface area (Å²) >= 11 is 0. The summed E-state index contributed by atoms with van der Waals surface area (Å²) in [4.78, 5) is 45.7. The Morgan fingerprint density at radius 2 is 1.02 bits per heavy atom. The van der Waals surface area contributed by atoms with Gasteiger partial charge in [0.1, 0.15) is 13.2 Å². The molecule has 2 heterocycles. The summed E-state index contributed by atoms with van der Waals surface area (Å²) in [6.07, 6.45) is -2.00. The van der Waals surface area contributed by atoms with E-state index < -0.39 is 20.9 Å². The highest BCUT2D eigenvalue weighted by Crippen LogP contribution is 2.37. The number of aliphatic hydroxyl groups excluding tert-OH is 1. The van der Waals surface area contributed by atoms with Crippen molar-refractivity contribution in [2.75, 3.05) is 39.6 Å². The number of benzene rings is 2. The summed E-state index contributed by atoms with van der Waals surface area (Å²) in [5.74, 6) is -0.770. The molecule has 0 aliphatic carbocycles. The van der Waals surface area contributed by atoms with Crippen LogP contribution in [-0.4, -0.2) is 114 Å². The molecule has 0 aromatic heterocycles. The average molecular weight is 845 g/mol. The predicted molar refractivity (Wildman–Crippen MR) is 225 cm³/mol. The molecule has 14 nitrogen and oxygen atoms in total. The molecule has 0 saturated carbocycles. The largest absolute Gasteiger partial charge is 0.463 e. The second kappa shape index (κ2) is 23.3. The van der Waals surface area contributed by atoms with E-state index in [2.05, 4.69) is 86.9 Å². The van der Waals surface area contributed by atoms with Crippen molar-refractivity contribution >= 4 is 42.4 Å². The minimum absolute atomic E-state index is 0.0517. The Morgan fingerprint density at radius 3 is 1.36 bits per heavy atom. The first-order chi connectivity index (χ1) is 27.8. The summed E-state index contributed by atoms with van der Waals surface area (Å²) in [5, 5.41) is 17.0. The monoisotopic (exact) mass is 844 g/mol. The van der Waals surface area contributed by atoms with E-state index in [0.29, 0.717) is 6.61 Å². The Labute approximate surface area is 351 Å². The second-order valence-electron chi connectivity index (χ2n) is 16.6. The summed E-state index contributed by atoms with van der Waals surface area (Å²) in [7, 11) is -2.69. The topological polar surface area (TPSA) is 177 Å². The molecule has 15 heteroatoms. The lowest BCUT2D eigenvalue weighted by Crippen LogP contribution is -2.66. The van der Waals surface area contributed by atoms with Gasteiger partial charge in [-0.2, -0.15) is 0 Å². The molecule has 0 spiro atoms. The van der Waals surface area contributed by atoms with Crippen LogP contribution in [0.3, 0.4) is 0 Å². The van der Waals surface area contributed by atoms with Crippen molar-refractivity contribution in [1.29, 1.82) is 0 Å². The number of hydrogen-bond acceptors (Lipinski definition) is 12. The minimum atomic E-state index is -2.69. The highest BCUT2D eigenvalue weighted by atomic mass is 28.4. The Morgan fingerprint density at radius 1 is 0.627 bits per heavy atom. The van der Waals surface area contributed by atoms with Crippen LogP contribution in [-0.2, 0) is 52.0 Å². The Kier molecular flexibility index (Phi) is 19.6. The van der Waals surface area contributed by atoms with E-state index in [-0.39, 0.29) is 110 Å². The first-order valence-electron chi connectivity index (χ1n) is 20.5. The molecule has 10 atom stereocenters. The Bertz CT molecular complexity index is 1570. The van der Waals surface area contributed by atoms with Crippen molar-refractivity contribution in [3.05, 3.63) is 60.7 Å². The van der Waals surface area contributed by atoms with Gasteiger partial charge in [0.2, 0.25) is 11.8 Å². The molecule has 0 bridgehead atoms. The fraction of sp³-hybridized carbons (Fsp3) is 0.636. The van der Waals surface area contributed by atoms with Gasteiger partial charge in [0, 0.05) is 27.7 Å². The van der Waals surface area contributed by atoms with E-state index in [4.69, 9.17) is 38.0 Å². The quantitative estimate of drug-likeness (QED) is 0.127. The van der Waals surface area contributed by atoms with Gasteiger partial charge in [-0.1, -0.05) is 109 Å². The lowest BCUT2D eigenvalue weighted by Gasteiger charge is -2.45. The van der Waals surface area contributed by atoms with Crippen molar-refractivity contribution in [3.63, 3.8) is 0 Å². The van der Waals surface area contributed by atoms with Crippen molar-refractivity contribution in [2.45, 2.75) is 118 Å². The van der Waals surface area contributed by atoms with Crippen LogP contribution in [0.25, 0.3) is 0 Å². The van der Waals surface area contributed by atoms with Crippen LogP contribution < -0.4 is 21.0 Å². The van der Waals surface area contributed by atoms with Gasteiger partial charge in [-0.05, 0) is 39.1 Å². The zero-order chi connectivity index (χ0) is 43.9. The third-order valence-electron chi connectivity index (χ3n) is 11.3. The molecule has 2 aliphatic rings. The number of carbonyl (C=O) groups is 4. The third kappa shape index (κ3) is 13.9. The number of rotatable bonds is 16. The smallest absolute Gasteiger partial charge is 0.302 e. The maximum Gasteiger partial charge on any atom is 0.302 e. The minimum Gasteiger partial charge on any atom is -0.463 e. The lowest BCUT2D eigenvalue weighted by atomic mass is 9.82. The molecule has 4 rings (SSSR count). The summed E-state index contributed by atoms with van der Waals surface area (Å²) in [6.45, 7) is 21.3. The fourth-order valence-corrected chi connectivity index (χ4v) is 12.4. The molecular weight excluding hydrogens is 777 g/mol. The molecule has 3 N–H and O–H groups in total. The normalized spacial score (nSPS) is 27.1. The van der Waals surface area contributed by atoms with Crippen LogP contribution >= 0.6 is 0 Å². The number of ether oxygens (including phenoxy) is 6. The van der Waals surface area contributed by atoms with Gasteiger partial charge >= 0.3 is 11.9 Å². The van der Waals surface area contributed by atoms with Crippen molar-refractivity contribution in [2.24, 2.45) is 23.7 Å². The van der Waals surface area contributed by atoms with Crippen LogP contribution in [0.15, 0.2) is 60.7 Å². The van der Waals surface area contributed by atoms with E-state index in [1.165, 1.54) is 38.1 Å². The maximum atomic E-state index is 12.0. The number of amides is 2. The van der Waals surface area contributed by atoms with Crippen LogP contribution in [0.5, 0.6) is 0 Å². The van der Waals surface area contributed by atoms with Gasteiger partial charge in [0.15, 0.2) is 12.6 Å². The van der Waals surface area contributed by atoms with Crippen LogP contribution in [0.2, 0.25) is 5.04 Å². The van der Waals surface area contributed by atoms with Crippen LogP contribution in [0.1, 0.15) is 76.2 Å². The van der Waals surface area contributed by atoms with E-state index in [1.807, 2.05) is 32.9 Å². The summed E-state index contributed by atoms with van der Waals surface area (Å²) in [6, 6.07) is 20.3. The Hall–Kier alpha value is -3.70. The van der Waals surface area contributed by atoms with E-state index in [9.17, 15) is 19.2 Å². The van der Waals surface area contributed by atoms with Crippen LogP contribution in [0.4, 0.5) is 0 Å². The fourth-order valence-electron chi connectivity index (χ4n) is 7.81. The molecule has 2 saturated heterocycles. The van der Waals surface area contributed by atoms with E-state index >= 15 is 0 Å². The SMILES string of the molecule is CC(=O)N[C@H]1[C@H](OCCO)O[C@H](COC(C)=O)[C@H](C)[C@@H]1C.CC(=O)N[C@H]1[C@H](OCCO[Si](c2ccccc2)(c2ccccc2)C(C)(C)C)O[C@H](COC(C)=O)[C@H](C)[C@@H]1C. The van der Waals surface area contributed by atoms with Gasteiger partial charge in [-0.15, -0.1) is 0 Å². The molecule has 2 aromatic rings. The number of nitrogens with one attached hydrogen (secondary N) is 2. The number of hydrogen-bond donors (Lipinski definition) is 3. The first kappa shape index (κ1) is 49.7. The Balaban J connectivity index is 0.000000375. The molecule has 59 heavy (non-hydrogen) atoms. The molecule has 2 aliphatic heterocycles.